The number of thiazole rings is 1. The van der Waals surface area contributed by atoms with Crippen molar-refractivity contribution >= 4 is 34.0 Å². The Bertz CT molecular complexity index is 1220. The van der Waals surface area contributed by atoms with Crippen LogP contribution in [0.2, 0.25) is 0 Å². The van der Waals surface area contributed by atoms with E-state index in [1.165, 1.54) is 11.3 Å². The highest BCUT2D eigenvalue weighted by molar-refractivity contribution is 7.16. The van der Waals surface area contributed by atoms with E-state index in [1.807, 2.05) is 25.1 Å². The normalized spacial score (nSPS) is 15.9. The molecule has 0 bridgehead atoms. The van der Waals surface area contributed by atoms with E-state index in [1.54, 1.807) is 25.3 Å². The third kappa shape index (κ3) is 3.75. The topological polar surface area (TPSA) is 98.8 Å². The summed E-state index contributed by atoms with van der Waals surface area (Å²) >= 11 is 1.41. The molecule has 0 saturated carbocycles. The van der Waals surface area contributed by atoms with Crippen LogP contribution in [0, 0.1) is 6.92 Å². The highest BCUT2D eigenvalue weighted by Crippen LogP contribution is 2.39. The van der Waals surface area contributed by atoms with Gasteiger partial charge in [0.2, 0.25) is 12.7 Å². The minimum Gasteiger partial charge on any atom is -0.496 e. The van der Waals surface area contributed by atoms with Crippen LogP contribution in [0.25, 0.3) is 0 Å². The van der Waals surface area contributed by atoms with E-state index in [2.05, 4.69) is 15.6 Å². The third-order valence-electron chi connectivity index (χ3n) is 5.55. The fourth-order valence-corrected chi connectivity index (χ4v) is 4.96. The smallest absolute Gasteiger partial charge is 0.257 e. The predicted molar refractivity (Wildman–Crippen MR) is 120 cm³/mol. The minimum atomic E-state index is -0.347. The Kier molecular flexibility index (Phi) is 5.18. The van der Waals surface area contributed by atoms with Crippen molar-refractivity contribution in [3.05, 3.63) is 58.1 Å². The van der Waals surface area contributed by atoms with Crippen LogP contribution in [0.4, 0.5) is 10.8 Å². The summed E-state index contributed by atoms with van der Waals surface area (Å²) in [7, 11) is 1.62. The van der Waals surface area contributed by atoms with E-state index in [-0.39, 0.29) is 24.5 Å². The number of benzene rings is 2. The molecule has 2 N–H and O–H groups in total. The molecule has 1 unspecified atom stereocenters. The molecule has 32 heavy (non-hydrogen) atoms. The molecule has 8 nitrogen and oxygen atoms in total. The highest BCUT2D eigenvalue weighted by Gasteiger charge is 2.33. The Morgan fingerprint density at radius 3 is 2.78 bits per heavy atom. The molecule has 0 fully saturated rings. The molecule has 1 aliphatic heterocycles. The van der Waals surface area contributed by atoms with Crippen molar-refractivity contribution in [2.75, 3.05) is 24.5 Å². The third-order valence-corrected chi connectivity index (χ3v) is 6.60. The van der Waals surface area contributed by atoms with Crippen molar-refractivity contribution in [1.29, 1.82) is 0 Å². The van der Waals surface area contributed by atoms with Gasteiger partial charge < -0.3 is 19.5 Å². The monoisotopic (exact) mass is 451 g/mol. The lowest BCUT2D eigenvalue weighted by molar-refractivity contribution is -0.117. The number of ether oxygens (including phenoxy) is 3. The van der Waals surface area contributed by atoms with Crippen LogP contribution in [-0.2, 0) is 11.2 Å². The first-order chi connectivity index (χ1) is 15.5. The largest absolute Gasteiger partial charge is 0.496 e. The summed E-state index contributed by atoms with van der Waals surface area (Å²) in [5.41, 5.74) is 2.85. The van der Waals surface area contributed by atoms with E-state index in [0.29, 0.717) is 34.3 Å². The number of carbonyl (C=O) groups excluding carboxylic acids is 2. The van der Waals surface area contributed by atoms with Gasteiger partial charge in [-0.2, -0.15) is 0 Å². The standard InChI is InChI=1S/C23H21N3O5S/c1-12-9-14(4-7-16(12)29-2)24-22(28)15-5-8-19-20(15)25-23(32-19)26-21(27)13-3-6-17-18(10-13)31-11-30-17/h3-4,6-7,9-10,15H,5,8,11H2,1-2H3,(H,24,28)(H,25,26,27). The zero-order valence-corrected chi connectivity index (χ0v) is 18.4. The van der Waals surface area contributed by atoms with Gasteiger partial charge in [0.25, 0.3) is 5.91 Å². The number of hydrogen-bond donors (Lipinski definition) is 2. The first-order valence-electron chi connectivity index (χ1n) is 10.2. The molecule has 9 heteroatoms. The van der Waals surface area contributed by atoms with Gasteiger partial charge in [0, 0.05) is 16.1 Å². The van der Waals surface area contributed by atoms with Crippen molar-refractivity contribution in [1.82, 2.24) is 4.98 Å². The maximum Gasteiger partial charge on any atom is 0.257 e. The molecule has 0 spiro atoms. The summed E-state index contributed by atoms with van der Waals surface area (Å²) < 4.78 is 15.9. The van der Waals surface area contributed by atoms with Gasteiger partial charge in [-0.3, -0.25) is 14.9 Å². The van der Waals surface area contributed by atoms with Crippen LogP contribution >= 0.6 is 11.3 Å². The molecule has 2 heterocycles. The number of hydrogen-bond acceptors (Lipinski definition) is 7. The Morgan fingerprint density at radius 2 is 1.97 bits per heavy atom. The molecule has 3 aromatic rings. The van der Waals surface area contributed by atoms with E-state index in [0.717, 1.165) is 28.3 Å². The molecule has 164 valence electrons. The molecule has 2 aromatic carbocycles. The second-order valence-electron chi connectivity index (χ2n) is 7.61. The lowest BCUT2D eigenvalue weighted by Crippen LogP contribution is -2.20. The van der Waals surface area contributed by atoms with E-state index >= 15 is 0 Å². The number of aryl methyl sites for hydroxylation is 2. The lowest BCUT2D eigenvalue weighted by atomic mass is 10.1. The SMILES string of the molecule is COc1ccc(NC(=O)C2CCc3sc(NC(=O)c4ccc5c(c4)OCO5)nc32)cc1C. The maximum atomic E-state index is 12.9. The Labute approximate surface area is 188 Å². The second-order valence-corrected chi connectivity index (χ2v) is 8.70. The number of anilines is 2. The molecule has 1 atom stereocenters. The molecule has 2 amide bonds. The van der Waals surface area contributed by atoms with E-state index < -0.39 is 0 Å². The summed E-state index contributed by atoms with van der Waals surface area (Å²) in [6, 6.07) is 10.6. The highest BCUT2D eigenvalue weighted by atomic mass is 32.1. The van der Waals surface area contributed by atoms with E-state index in [9.17, 15) is 9.59 Å². The van der Waals surface area contributed by atoms with Crippen LogP contribution in [-0.4, -0.2) is 30.7 Å². The summed E-state index contributed by atoms with van der Waals surface area (Å²) in [5.74, 6) is 1.20. The average molecular weight is 452 g/mol. The van der Waals surface area contributed by atoms with Gasteiger partial charge in [-0.05, 0) is 61.7 Å². The van der Waals surface area contributed by atoms with Crippen molar-refractivity contribution in [3.63, 3.8) is 0 Å². The quantitative estimate of drug-likeness (QED) is 0.606. The summed E-state index contributed by atoms with van der Waals surface area (Å²) in [5, 5.41) is 6.29. The molecule has 0 radical (unpaired) electrons. The molecular weight excluding hydrogens is 430 g/mol. The predicted octanol–water partition coefficient (Wildman–Crippen LogP) is 4.11. The van der Waals surface area contributed by atoms with E-state index in [4.69, 9.17) is 14.2 Å². The van der Waals surface area contributed by atoms with Gasteiger partial charge in [0.05, 0.1) is 18.7 Å². The van der Waals surface area contributed by atoms with Crippen molar-refractivity contribution in [3.8, 4) is 17.2 Å². The fraction of sp³-hybridized carbons (Fsp3) is 0.261. The van der Waals surface area contributed by atoms with Crippen molar-refractivity contribution in [2.24, 2.45) is 0 Å². The molecule has 2 aliphatic rings. The summed E-state index contributed by atoms with van der Waals surface area (Å²) in [6.07, 6.45) is 1.46. The number of nitrogens with one attached hydrogen (secondary N) is 2. The van der Waals surface area contributed by atoms with Crippen LogP contribution in [0.1, 0.15) is 38.8 Å². The molecular formula is C23H21N3O5S. The number of amides is 2. The molecule has 0 saturated heterocycles. The average Bonchev–Trinajstić information content (AvgIpc) is 3.48. The Morgan fingerprint density at radius 1 is 1.12 bits per heavy atom. The van der Waals surface area contributed by atoms with Gasteiger partial charge in [-0.15, -0.1) is 11.3 Å². The van der Waals surface area contributed by atoms with Crippen LogP contribution in [0.5, 0.6) is 17.2 Å². The van der Waals surface area contributed by atoms with Crippen LogP contribution in [0.3, 0.4) is 0 Å². The van der Waals surface area contributed by atoms with Gasteiger partial charge in [-0.1, -0.05) is 0 Å². The number of nitrogens with zero attached hydrogens (tertiary/aromatic N) is 1. The number of carbonyl (C=O) groups is 2. The number of methoxy groups -OCH3 is 1. The minimum absolute atomic E-state index is 0.104. The number of aromatic nitrogens is 1. The zero-order chi connectivity index (χ0) is 22.2. The van der Waals surface area contributed by atoms with Crippen molar-refractivity contribution < 1.29 is 23.8 Å². The fourth-order valence-electron chi connectivity index (χ4n) is 3.93. The number of fused-ring (bicyclic) bond motifs is 2. The van der Waals surface area contributed by atoms with Gasteiger partial charge in [0.15, 0.2) is 16.6 Å². The Balaban J connectivity index is 1.28. The van der Waals surface area contributed by atoms with Gasteiger partial charge in [-0.25, -0.2) is 4.98 Å². The molecule has 1 aromatic heterocycles. The van der Waals surface area contributed by atoms with Crippen LogP contribution in [0.15, 0.2) is 36.4 Å². The molecule has 5 rings (SSSR count). The first-order valence-corrected chi connectivity index (χ1v) is 11.0. The van der Waals surface area contributed by atoms with Crippen molar-refractivity contribution in [2.45, 2.75) is 25.7 Å². The van der Waals surface area contributed by atoms with Gasteiger partial charge in [0.1, 0.15) is 5.75 Å². The summed E-state index contributed by atoms with van der Waals surface area (Å²) in [6.45, 7) is 2.08. The maximum absolute atomic E-state index is 12.9. The molecule has 1 aliphatic carbocycles. The second kappa shape index (κ2) is 8.16. The Hall–Kier alpha value is -3.59. The van der Waals surface area contributed by atoms with Gasteiger partial charge >= 0.3 is 0 Å². The van der Waals surface area contributed by atoms with Crippen LogP contribution < -0.4 is 24.8 Å². The first kappa shape index (κ1) is 20.3. The summed E-state index contributed by atoms with van der Waals surface area (Å²) in [4.78, 5) is 31.2. The lowest BCUT2D eigenvalue weighted by Gasteiger charge is -2.12. The number of rotatable bonds is 5. The zero-order valence-electron chi connectivity index (χ0n) is 17.6.